The zero-order valence-electron chi connectivity index (χ0n) is 19.2. The predicted octanol–water partition coefficient (Wildman–Crippen LogP) is 3.55. The highest BCUT2D eigenvalue weighted by Gasteiger charge is 2.32. The van der Waals surface area contributed by atoms with Crippen molar-refractivity contribution in [3.05, 3.63) is 65.4 Å². The average molecular weight is 516 g/mol. The monoisotopic (exact) mass is 515 g/mol. The second kappa shape index (κ2) is 10.2. The number of anilines is 1. The molecule has 184 valence electrons. The van der Waals surface area contributed by atoms with E-state index in [1.165, 1.54) is 11.0 Å². The van der Waals surface area contributed by atoms with E-state index in [9.17, 15) is 23.1 Å². The van der Waals surface area contributed by atoms with Gasteiger partial charge in [0.2, 0.25) is 5.91 Å². The maximum absolute atomic E-state index is 13.0. The molecule has 1 atom stereocenters. The molecule has 8 nitrogen and oxygen atoms in total. The van der Waals surface area contributed by atoms with Crippen LogP contribution in [0.4, 0.5) is 5.69 Å². The number of aliphatic carboxylic acids is 1. The Hall–Kier alpha value is -3.17. The average Bonchev–Trinajstić information content (AvgIpc) is 2.82. The minimum atomic E-state index is -3.71. The fourth-order valence-electron chi connectivity index (χ4n) is 4.39. The minimum Gasteiger partial charge on any atom is -0.481 e. The molecule has 0 spiro atoms. The summed E-state index contributed by atoms with van der Waals surface area (Å²) in [5.41, 5.74) is 1.76. The molecule has 35 heavy (non-hydrogen) atoms. The zero-order valence-corrected chi connectivity index (χ0v) is 20.8. The molecule has 1 aromatic heterocycles. The van der Waals surface area contributed by atoms with Gasteiger partial charge in [-0.25, -0.2) is 8.42 Å². The molecule has 2 aromatic carbocycles. The van der Waals surface area contributed by atoms with Crippen molar-refractivity contribution in [3.8, 4) is 0 Å². The van der Waals surface area contributed by atoms with Gasteiger partial charge in [0.25, 0.3) is 0 Å². The Bertz CT molecular complexity index is 1380. The molecule has 1 N–H and O–H groups in total. The quantitative estimate of drug-likeness (QED) is 0.512. The molecule has 1 unspecified atom stereocenters. The number of piperazine rings is 1. The standard InChI is InChI=1S/C25H26ClN3O5S/c1-17-12-21(6-8-27-17)28-9-10-29(22(16-28)15-25(31)32)24(30)7-11-35(33,34)23-5-3-18-13-20(26)4-2-19(18)14-23/h2-6,8,12-14,22H,7,9-11,15-16H2,1H3,(H,31,32). The van der Waals surface area contributed by atoms with Gasteiger partial charge in [-0.1, -0.05) is 23.7 Å². The van der Waals surface area contributed by atoms with Crippen molar-refractivity contribution < 1.29 is 23.1 Å². The summed E-state index contributed by atoms with van der Waals surface area (Å²) in [5.74, 6) is -1.73. The lowest BCUT2D eigenvalue weighted by Crippen LogP contribution is -2.56. The van der Waals surface area contributed by atoms with Crippen LogP contribution in [0.25, 0.3) is 10.8 Å². The molecule has 0 saturated carbocycles. The van der Waals surface area contributed by atoms with E-state index in [1.807, 2.05) is 24.0 Å². The van der Waals surface area contributed by atoms with E-state index in [4.69, 9.17) is 11.6 Å². The third-order valence-electron chi connectivity index (χ3n) is 6.18. The first-order chi connectivity index (χ1) is 16.6. The fourth-order valence-corrected chi connectivity index (χ4v) is 5.83. The Morgan fingerprint density at radius 3 is 2.57 bits per heavy atom. The molecule has 1 aliphatic heterocycles. The summed E-state index contributed by atoms with van der Waals surface area (Å²) in [4.78, 5) is 32.4. The molecule has 1 fully saturated rings. The number of sulfone groups is 1. The zero-order chi connectivity index (χ0) is 25.2. The third-order valence-corrected chi connectivity index (χ3v) is 8.13. The molecule has 1 aliphatic rings. The van der Waals surface area contributed by atoms with Crippen molar-refractivity contribution in [1.82, 2.24) is 9.88 Å². The highest BCUT2D eigenvalue weighted by Crippen LogP contribution is 2.25. The Balaban J connectivity index is 1.46. The number of hydrogen-bond donors (Lipinski definition) is 1. The maximum atomic E-state index is 13.0. The van der Waals surface area contributed by atoms with E-state index in [2.05, 4.69) is 4.98 Å². The van der Waals surface area contributed by atoms with Gasteiger partial charge < -0.3 is 14.9 Å². The molecule has 10 heteroatoms. The van der Waals surface area contributed by atoms with Gasteiger partial charge in [0.1, 0.15) is 0 Å². The lowest BCUT2D eigenvalue weighted by atomic mass is 10.1. The molecule has 0 radical (unpaired) electrons. The summed E-state index contributed by atoms with van der Waals surface area (Å²) >= 11 is 6.00. The van der Waals surface area contributed by atoms with Gasteiger partial charge >= 0.3 is 5.97 Å². The number of aryl methyl sites for hydroxylation is 1. The Labute approximate surface area is 209 Å². The fraction of sp³-hybridized carbons (Fsp3) is 0.320. The Morgan fingerprint density at radius 2 is 1.83 bits per heavy atom. The number of carboxylic acid groups (broad SMARTS) is 1. The summed E-state index contributed by atoms with van der Waals surface area (Å²) < 4.78 is 25.9. The van der Waals surface area contributed by atoms with Gasteiger partial charge in [0, 0.05) is 48.7 Å². The number of carbonyl (C=O) groups excluding carboxylic acids is 1. The van der Waals surface area contributed by atoms with E-state index in [0.717, 1.165) is 22.2 Å². The van der Waals surface area contributed by atoms with Gasteiger partial charge in [0.05, 0.1) is 23.1 Å². The minimum absolute atomic E-state index is 0.139. The number of hydrogen-bond acceptors (Lipinski definition) is 6. The number of amides is 1. The molecule has 3 aromatic rings. The van der Waals surface area contributed by atoms with Crippen molar-refractivity contribution in [1.29, 1.82) is 0 Å². The van der Waals surface area contributed by atoms with Crippen LogP contribution in [0, 0.1) is 6.92 Å². The number of nitrogens with zero attached hydrogens (tertiary/aromatic N) is 3. The second-order valence-corrected chi connectivity index (χ2v) is 11.2. The van der Waals surface area contributed by atoms with Gasteiger partial charge in [-0.3, -0.25) is 14.6 Å². The molecule has 4 rings (SSSR count). The Kier molecular flexibility index (Phi) is 7.28. The predicted molar refractivity (Wildman–Crippen MR) is 135 cm³/mol. The summed E-state index contributed by atoms with van der Waals surface area (Å²) in [6.45, 7) is 3.06. The highest BCUT2D eigenvalue weighted by molar-refractivity contribution is 7.91. The molecule has 0 aliphatic carbocycles. The van der Waals surface area contributed by atoms with Crippen molar-refractivity contribution in [2.75, 3.05) is 30.3 Å². The molecule has 2 heterocycles. The van der Waals surface area contributed by atoms with Crippen molar-refractivity contribution in [2.24, 2.45) is 0 Å². The summed E-state index contributed by atoms with van der Waals surface area (Å²) in [7, 11) is -3.71. The Morgan fingerprint density at radius 1 is 1.09 bits per heavy atom. The van der Waals surface area contributed by atoms with Gasteiger partial charge in [0.15, 0.2) is 9.84 Å². The first-order valence-electron chi connectivity index (χ1n) is 11.2. The van der Waals surface area contributed by atoms with Crippen LogP contribution in [0.2, 0.25) is 5.02 Å². The van der Waals surface area contributed by atoms with E-state index in [0.29, 0.717) is 24.7 Å². The van der Waals surface area contributed by atoms with Crippen LogP contribution in [-0.2, 0) is 19.4 Å². The van der Waals surface area contributed by atoms with Gasteiger partial charge in [-0.15, -0.1) is 0 Å². The summed E-state index contributed by atoms with van der Waals surface area (Å²) in [6, 6.07) is 13.2. The number of carboxylic acids is 1. The number of rotatable bonds is 7. The van der Waals surface area contributed by atoms with Crippen LogP contribution in [0.3, 0.4) is 0 Å². The third kappa shape index (κ3) is 5.91. The molecule has 1 amide bonds. The van der Waals surface area contributed by atoms with Crippen LogP contribution in [-0.4, -0.2) is 66.7 Å². The number of halogens is 1. The van der Waals surface area contributed by atoms with Crippen molar-refractivity contribution in [2.45, 2.75) is 30.7 Å². The SMILES string of the molecule is Cc1cc(N2CCN(C(=O)CCS(=O)(=O)c3ccc4cc(Cl)ccc4c3)C(CC(=O)O)C2)ccn1. The molecule has 0 bridgehead atoms. The number of carbonyl (C=O) groups is 2. The van der Waals surface area contributed by atoms with Crippen LogP contribution in [0.1, 0.15) is 18.5 Å². The second-order valence-electron chi connectivity index (χ2n) is 8.66. The number of aromatic nitrogens is 1. The van der Waals surface area contributed by atoms with E-state index in [-0.39, 0.29) is 29.4 Å². The number of benzene rings is 2. The van der Waals surface area contributed by atoms with Gasteiger partial charge in [-0.05, 0) is 54.1 Å². The van der Waals surface area contributed by atoms with E-state index < -0.39 is 21.8 Å². The highest BCUT2D eigenvalue weighted by atomic mass is 35.5. The lowest BCUT2D eigenvalue weighted by Gasteiger charge is -2.42. The van der Waals surface area contributed by atoms with Crippen LogP contribution < -0.4 is 4.90 Å². The molecular weight excluding hydrogens is 490 g/mol. The van der Waals surface area contributed by atoms with Gasteiger partial charge in [-0.2, -0.15) is 0 Å². The maximum Gasteiger partial charge on any atom is 0.305 e. The number of fused-ring (bicyclic) bond motifs is 1. The first-order valence-corrected chi connectivity index (χ1v) is 13.3. The topological polar surface area (TPSA) is 108 Å². The summed E-state index contributed by atoms with van der Waals surface area (Å²) in [6.07, 6.45) is 1.26. The van der Waals surface area contributed by atoms with Crippen LogP contribution in [0.5, 0.6) is 0 Å². The largest absolute Gasteiger partial charge is 0.481 e. The van der Waals surface area contributed by atoms with E-state index in [1.54, 1.807) is 36.5 Å². The van der Waals surface area contributed by atoms with Crippen molar-refractivity contribution in [3.63, 3.8) is 0 Å². The van der Waals surface area contributed by atoms with E-state index >= 15 is 0 Å². The summed E-state index contributed by atoms with van der Waals surface area (Å²) in [5, 5.41) is 11.5. The smallest absolute Gasteiger partial charge is 0.305 e. The lowest BCUT2D eigenvalue weighted by molar-refractivity contribution is -0.141. The number of pyridine rings is 1. The first kappa shape index (κ1) is 24.9. The van der Waals surface area contributed by atoms with Crippen LogP contribution >= 0.6 is 11.6 Å². The normalized spacial score (nSPS) is 16.5. The molecular formula is C25H26ClN3O5S. The van der Waals surface area contributed by atoms with Crippen molar-refractivity contribution >= 4 is 49.8 Å². The van der Waals surface area contributed by atoms with Crippen LogP contribution in [0.15, 0.2) is 59.6 Å². The molecule has 1 saturated heterocycles.